The van der Waals surface area contributed by atoms with Gasteiger partial charge in [0.25, 0.3) is 0 Å². The zero-order valence-corrected chi connectivity index (χ0v) is 9.97. The molecule has 1 heterocycles. The number of unbranched alkanes of at least 4 members (excludes halogenated alkanes) is 3. The third kappa shape index (κ3) is 5.26. The SMILES string of the molecule is O=C(OCCCCCCCl)N1CCCC1. The number of hydrogen-bond acceptors (Lipinski definition) is 2. The van der Waals surface area contributed by atoms with Crippen LogP contribution in [-0.2, 0) is 4.74 Å². The van der Waals surface area contributed by atoms with Crippen molar-refractivity contribution in [3.8, 4) is 0 Å². The normalized spacial score (nSPS) is 15.7. The van der Waals surface area contributed by atoms with Crippen LogP contribution in [0.4, 0.5) is 4.79 Å². The molecule has 15 heavy (non-hydrogen) atoms. The van der Waals surface area contributed by atoms with E-state index in [4.69, 9.17) is 16.3 Å². The zero-order valence-electron chi connectivity index (χ0n) is 9.21. The van der Waals surface area contributed by atoms with Crippen LogP contribution in [0.15, 0.2) is 0 Å². The van der Waals surface area contributed by atoms with Crippen molar-refractivity contribution >= 4 is 17.7 Å². The van der Waals surface area contributed by atoms with E-state index in [1.807, 2.05) is 0 Å². The molecule has 3 nitrogen and oxygen atoms in total. The van der Waals surface area contributed by atoms with Crippen LogP contribution in [0.3, 0.4) is 0 Å². The van der Waals surface area contributed by atoms with Crippen LogP contribution in [0.25, 0.3) is 0 Å². The van der Waals surface area contributed by atoms with E-state index in [2.05, 4.69) is 0 Å². The van der Waals surface area contributed by atoms with Crippen LogP contribution in [0.2, 0.25) is 0 Å². The maximum absolute atomic E-state index is 11.4. The summed E-state index contributed by atoms with van der Waals surface area (Å²) in [6, 6.07) is 0. The minimum atomic E-state index is -0.134. The lowest BCUT2D eigenvalue weighted by Gasteiger charge is -2.14. The quantitative estimate of drug-likeness (QED) is 0.521. The van der Waals surface area contributed by atoms with Gasteiger partial charge in [0.2, 0.25) is 0 Å². The number of hydrogen-bond donors (Lipinski definition) is 0. The van der Waals surface area contributed by atoms with Crippen molar-refractivity contribution in [2.45, 2.75) is 38.5 Å². The smallest absolute Gasteiger partial charge is 0.409 e. The number of carbonyl (C=O) groups excluding carboxylic acids is 1. The molecule has 1 aliphatic rings. The Hall–Kier alpha value is -0.440. The van der Waals surface area contributed by atoms with E-state index >= 15 is 0 Å². The highest BCUT2D eigenvalue weighted by molar-refractivity contribution is 6.17. The minimum absolute atomic E-state index is 0.134. The summed E-state index contributed by atoms with van der Waals surface area (Å²) < 4.78 is 5.16. The number of nitrogens with zero attached hydrogens (tertiary/aromatic N) is 1. The van der Waals surface area contributed by atoms with E-state index in [9.17, 15) is 4.79 Å². The van der Waals surface area contributed by atoms with E-state index in [1.165, 1.54) is 0 Å². The van der Waals surface area contributed by atoms with Gasteiger partial charge in [-0.15, -0.1) is 11.6 Å². The van der Waals surface area contributed by atoms with Crippen molar-refractivity contribution in [1.29, 1.82) is 0 Å². The van der Waals surface area contributed by atoms with Gasteiger partial charge in [0.15, 0.2) is 0 Å². The molecule has 88 valence electrons. The summed E-state index contributed by atoms with van der Waals surface area (Å²) in [5.74, 6) is 0.730. The first-order valence-corrected chi connectivity index (χ1v) is 6.35. The highest BCUT2D eigenvalue weighted by Gasteiger charge is 2.18. The summed E-state index contributed by atoms with van der Waals surface area (Å²) in [5, 5.41) is 0. The van der Waals surface area contributed by atoms with Gasteiger partial charge in [-0.05, 0) is 25.7 Å². The largest absolute Gasteiger partial charge is 0.449 e. The molecule has 0 aromatic rings. The van der Waals surface area contributed by atoms with Gasteiger partial charge in [0.05, 0.1) is 6.61 Å². The molecule has 0 aromatic carbocycles. The summed E-state index contributed by atoms with van der Waals surface area (Å²) in [5.41, 5.74) is 0. The highest BCUT2D eigenvalue weighted by atomic mass is 35.5. The maximum Gasteiger partial charge on any atom is 0.409 e. The van der Waals surface area contributed by atoms with E-state index in [-0.39, 0.29) is 6.09 Å². The summed E-state index contributed by atoms with van der Waals surface area (Å²) in [7, 11) is 0. The molecule has 0 aliphatic carbocycles. The fourth-order valence-corrected chi connectivity index (χ4v) is 1.89. The second-order valence-corrected chi connectivity index (χ2v) is 4.29. The minimum Gasteiger partial charge on any atom is -0.449 e. The van der Waals surface area contributed by atoms with E-state index in [0.29, 0.717) is 6.61 Å². The van der Waals surface area contributed by atoms with Crippen LogP contribution in [-0.4, -0.2) is 36.6 Å². The first kappa shape index (κ1) is 12.6. The van der Waals surface area contributed by atoms with Gasteiger partial charge in [0, 0.05) is 19.0 Å². The molecule has 0 saturated carbocycles. The molecule has 1 amide bonds. The Morgan fingerprint density at radius 3 is 2.47 bits per heavy atom. The standard InChI is InChI=1S/C11H20ClNO2/c12-7-3-1-2-6-10-15-11(14)13-8-4-5-9-13/h1-10H2. The molecular weight excluding hydrogens is 214 g/mol. The summed E-state index contributed by atoms with van der Waals surface area (Å²) in [4.78, 5) is 13.2. The van der Waals surface area contributed by atoms with Gasteiger partial charge in [-0.3, -0.25) is 0 Å². The lowest BCUT2D eigenvalue weighted by atomic mass is 10.2. The van der Waals surface area contributed by atoms with Crippen molar-refractivity contribution in [2.75, 3.05) is 25.6 Å². The Balaban J connectivity index is 1.92. The molecule has 1 rings (SSSR count). The van der Waals surface area contributed by atoms with Gasteiger partial charge in [0.1, 0.15) is 0 Å². The van der Waals surface area contributed by atoms with Crippen molar-refractivity contribution in [1.82, 2.24) is 4.90 Å². The molecule has 0 bridgehead atoms. The molecule has 1 fully saturated rings. The van der Waals surface area contributed by atoms with Crippen molar-refractivity contribution in [3.05, 3.63) is 0 Å². The van der Waals surface area contributed by atoms with Gasteiger partial charge in [-0.25, -0.2) is 4.79 Å². The molecule has 0 N–H and O–H groups in total. The molecule has 1 aliphatic heterocycles. The average Bonchev–Trinajstić information content (AvgIpc) is 2.76. The number of alkyl halides is 1. The second-order valence-electron chi connectivity index (χ2n) is 3.91. The molecule has 0 unspecified atom stereocenters. The third-order valence-electron chi connectivity index (χ3n) is 2.62. The molecule has 0 atom stereocenters. The second kappa shape index (κ2) is 7.80. The van der Waals surface area contributed by atoms with Crippen molar-refractivity contribution in [3.63, 3.8) is 0 Å². The third-order valence-corrected chi connectivity index (χ3v) is 2.89. The fraction of sp³-hybridized carbons (Fsp3) is 0.909. The van der Waals surface area contributed by atoms with Gasteiger partial charge < -0.3 is 9.64 Å². The first-order chi connectivity index (χ1) is 7.34. The fourth-order valence-electron chi connectivity index (χ4n) is 1.70. The Kier molecular flexibility index (Phi) is 6.57. The Bertz CT molecular complexity index is 181. The topological polar surface area (TPSA) is 29.5 Å². The lowest BCUT2D eigenvalue weighted by molar-refractivity contribution is 0.109. The number of ether oxygens (including phenoxy) is 1. The number of rotatable bonds is 6. The summed E-state index contributed by atoms with van der Waals surface area (Å²) >= 11 is 5.56. The molecular formula is C11H20ClNO2. The maximum atomic E-state index is 11.4. The van der Waals surface area contributed by atoms with Crippen LogP contribution in [0.5, 0.6) is 0 Å². The number of amides is 1. The highest BCUT2D eigenvalue weighted by Crippen LogP contribution is 2.09. The van der Waals surface area contributed by atoms with Crippen LogP contribution >= 0.6 is 11.6 Å². The van der Waals surface area contributed by atoms with Crippen LogP contribution < -0.4 is 0 Å². The van der Waals surface area contributed by atoms with E-state index in [0.717, 1.165) is 57.5 Å². The predicted molar refractivity (Wildman–Crippen MR) is 61.3 cm³/mol. The van der Waals surface area contributed by atoms with Gasteiger partial charge in [-0.2, -0.15) is 0 Å². The number of halogens is 1. The average molecular weight is 234 g/mol. The summed E-state index contributed by atoms with van der Waals surface area (Å²) in [6.07, 6.45) is 6.34. The Labute approximate surface area is 96.7 Å². The van der Waals surface area contributed by atoms with E-state index in [1.54, 1.807) is 4.90 Å². The summed E-state index contributed by atoms with van der Waals surface area (Å²) in [6.45, 7) is 2.29. The van der Waals surface area contributed by atoms with Gasteiger partial charge in [-0.1, -0.05) is 12.8 Å². The molecule has 0 spiro atoms. The number of carbonyl (C=O) groups is 1. The van der Waals surface area contributed by atoms with Crippen molar-refractivity contribution < 1.29 is 9.53 Å². The first-order valence-electron chi connectivity index (χ1n) is 5.82. The van der Waals surface area contributed by atoms with Crippen LogP contribution in [0.1, 0.15) is 38.5 Å². The molecule has 0 aromatic heterocycles. The van der Waals surface area contributed by atoms with Crippen LogP contribution in [0, 0.1) is 0 Å². The molecule has 1 saturated heterocycles. The lowest BCUT2D eigenvalue weighted by Crippen LogP contribution is -2.28. The molecule has 4 heteroatoms. The zero-order chi connectivity index (χ0) is 10.9. The van der Waals surface area contributed by atoms with Gasteiger partial charge >= 0.3 is 6.09 Å². The van der Waals surface area contributed by atoms with Crippen molar-refractivity contribution in [2.24, 2.45) is 0 Å². The number of likely N-dealkylation sites (tertiary alicyclic amines) is 1. The Morgan fingerprint density at radius 2 is 1.80 bits per heavy atom. The van der Waals surface area contributed by atoms with E-state index < -0.39 is 0 Å². The monoisotopic (exact) mass is 233 g/mol. The Morgan fingerprint density at radius 1 is 1.13 bits per heavy atom. The predicted octanol–water partition coefficient (Wildman–Crippen LogP) is 3.02. The molecule has 0 radical (unpaired) electrons.